The summed E-state index contributed by atoms with van der Waals surface area (Å²) >= 11 is 0. The molecule has 1 aliphatic rings. The molecule has 6 nitrogen and oxygen atoms in total. The van der Waals surface area contributed by atoms with Gasteiger partial charge in [0.15, 0.2) is 0 Å². The maximum Gasteiger partial charge on any atom is 0.317 e. The number of urea groups is 1. The number of carbonyl (C=O) groups excluding carboxylic acids is 1. The molecule has 1 saturated heterocycles. The van der Waals surface area contributed by atoms with Gasteiger partial charge in [-0.25, -0.2) is 13.6 Å². The number of nitrogens with zero attached hydrogens (tertiary/aromatic N) is 1. The number of carboxylic acids is 1. The van der Waals surface area contributed by atoms with Crippen LogP contribution in [-0.2, 0) is 9.53 Å². The first-order chi connectivity index (χ1) is 8.41. The maximum atomic E-state index is 13.1. The molecule has 0 saturated carbocycles. The molecule has 1 heterocycles. The average molecular weight is 266 g/mol. The number of halogens is 2. The first-order valence-corrected chi connectivity index (χ1v) is 5.61. The highest BCUT2D eigenvalue weighted by molar-refractivity contribution is 5.74. The average Bonchev–Trinajstić information content (AvgIpc) is 2.45. The Morgan fingerprint density at radius 3 is 2.83 bits per heavy atom. The number of rotatable bonds is 4. The topological polar surface area (TPSA) is 78.9 Å². The van der Waals surface area contributed by atoms with Crippen molar-refractivity contribution in [1.82, 2.24) is 10.2 Å². The Bertz CT molecular complexity index is 312. The Morgan fingerprint density at radius 2 is 2.17 bits per heavy atom. The van der Waals surface area contributed by atoms with Gasteiger partial charge in [0.1, 0.15) is 6.61 Å². The highest BCUT2D eigenvalue weighted by atomic mass is 19.3. The summed E-state index contributed by atoms with van der Waals surface area (Å²) in [4.78, 5) is 22.8. The smallest absolute Gasteiger partial charge is 0.317 e. The molecular formula is C10H16F2N2O4. The predicted octanol–water partition coefficient (Wildman–Crippen LogP) is 0.528. The lowest BCUT2D eigenvalue weighted by molar-refractivity contribution is -0.137. The Labute approximate surface area is 103 Å². The molecule has 0 aromatic heterocycles. The number of hydrogen-bond donors (Lipinski definition) is 2. The lowest BCUT2D eigenvalue weighted by atomic mass is 10.3. The molecule has 0 unspecified atom stereocenters. The Kier molecular flexibility index (Phi) is 5.26. The van der Waals surface area contributed by atoms with Crippen molar-refractivity contribution in [3.05, 3.63) is 0 Å². The van der Waals surface area contributed by atoms with Crippen molar-refractivity contribution in [3.8, 4) is 0 Å². The van der Waals surface area contributed by atoms with Crippen molar-refractivity contribution < 1.29 is 28.2 Å². The lowest BCUT2D eigenvalue weighted by Crippen LogP contribution is -2.46. The first kappa shape index (κ1) is 14.6. The van der Waals surface area contributed by atoms with Crippen LogP contribution in [0.4, 0.5) is 13.6 Å². The van der Waals surface area contributed by atoms with Gasteiger partial charge in [-0.2, -0.15) is 0 Å². The predicted molar refractivity (Wildman–Crippen MR) is 57.6 cm³/mol. The second-order valence-electron chi connectivity index (χ2n) is 4.06. The molecule has 0 aromatic rings. The number of ether oxygens (including phenoxy) is 1. The molecule has 18 heavy (non-hydrogen) atoms. The van der Waals surface area contributed by atoms with Crippen LogP contribution in [0.3, 0.4) is 0 Å². The minimum atomic E-state index is -3.05. The Hall–Kier alpha value is -1.44. The van der Waals surface area contributed by atoms with Crippen LogP contribution in [-0.4, -0.2) is 60.8 Å². The number of alkyl halides is 2. The van der Waals surface area contributed by atoms with Crippen molar-refractivity contribution in [2.45, 2.75) is 18.8 Å². The van der Waals surface area contributed by atoms with E-state index in [0.717, 1.165) is 4.90 Å². The van der Waals surface area contributed by atoms with E-state index >= 15 is 0 Å². The van der Waals surface area contributed by atoms with Crippen LogP contribution in [0.5, 0.6) is 0 Å². The minimum absolute atomic E-state index is 0.0676. The fourth-order valence-corrected chi connectivity index (χ4v) is 1.52. The molecule has 0 atom stereocenters. The quantitative estimate of drug-likeness (QED) is 0.727. The second-order valence-corrected chi connectivity index (χ2v) is 4.06. The summed E-state index contributed by atoms with van der Waals surface area (Å²) < 4.78 is 31.0. The van der Waals surface area contributed by atoms with Crippen LogP contribution in [0, 0.1) is 0 Å². The minimum Gasteiger partial charge on any atom is -0.481 e. The summed E-state index contributed by atoms with van der Waals surface area (Å²) in [6, 6.07) is -0.620. The number of aliphatic carboxylic acids is 1. The molecule has 2 N–H and O–H groups in total. The van der Waals surface area contributed by atoms with Crippen LogP contribution in [0.25, 0.3) is 0 Å². The van der Waals surface area contributed by atoms with Crippen LogP contribution >= 0.6 is 0 Å². The molecule has 1 rings (SSSR count). The van der Waals surface area contributed by atoms with Gasteiger partial charge in [-0.3, -0.25) is 4.79 Å². The van der Waals surface area contributed by atoms with Gasteiger partial charge < -0.3 is 20.1 Å². The van der Waals surface area contributed by atoms with Crippen LogP contribution in [0.15, 0.2) is 0 Å². The van der Waals surface area contributed by atoms with Crippen LogP contribution < -0.4 is 5.32 Å². The van der Waals surface area contributed by atoms with E-state index in [4.69, 9.17) is 9.84 Å². The van der Waals surface area contributed by atoms with E-state index in [2.05, 4.69) is 5.32 Å². The molecule has 0 radical (unpaired) electrons. The zero-order valence-electron chi connectivity index (χ0n) is 9.82. The molecule has 0 aromatic carbocycles. The van der Waals surface area contributed by atoms with Crippen molar-refractivity contribution in [1.29, 1.82) is 0 Å². The van der Waals surface area contributed by atoms with E-state index in [1.54, 1.807) is 0 Å². The van der Waals surface area contributed by atoms with Gasteiger partial charge >= 0.3 is 12.0 Å². The molecular weight excluding hydrogens is 250 g/mol. The van der Waals surface area contributed by atoms with Gasteiger partial charge in [-0.1, -0.05) is 0 Å². The standard InChI is InChI=1S/C10H16F2N2O4/c11-10(12)6-14(4-5-18-7-10)9(17)13-3-1-2-8(15)16/h1-7H2,(H,13,17)(H,15,16). The van der Waals surface area contributed by atoms with Crippen molar-refractivity contribution in [2.75, 3.05) is 32.8 Å². The lowest BCUT2D eigenvalue weighted by Gasteiger charge is -2.23. The van der Waals surface area contributed by atoms with Crippen molar-refractivity contribution in [2.24, 2.45) is 0 Å². The van der Waals surface area contributed by atoms with E-state index in [1.807, 2.05) is 0 Å². The number of carboxylic acid groups (broad SMARTS) is 1. The van der Waals surface area contributed by atoms with Gasteiger partial charge in [0.2, 0.25) is 0 Å². The zero-order valence-corrected chi connectivity index (χ0v) is 9.82. The van der Waals surface area contributed by atoms with Crippen molar-refractivity contribution >= 4 is 12.0 Å². The van der Waals surface area contributed by atoms with Crippen LogP contribution in [0.2, 0.25) is 0 Å². The summed E-state index contributed by atoms with van der Waals surface area (Å²) in [5.74, 6) is -4.01. The highest BCUT2D eigenvalue weighted by Crippen LogP contribution is 2.18. The SMILES string of the molecule is O=C(O)CCCNC(=O)N1CCOCC(F)(F)C1. The number of amides is 2. The normalized spacial score (nSPS) is 19.1. The largest absolute Gasteiger partial charge is 0.481 e. The van der Waals surface area contributed by atoms with Gasteiger partial charge in [0.25, 0.3) is 5.92 Å². The highest BCUT2D eigenvalue weighted by Gasteiger charge is 2.36. The number of hydrogen-bond acceptors (Lipinski definition) is 3. The molecule has 8 heteroatoms. The molecule has 104 valence electrons. The summed E-state index contributed by atoms with van der Waals surface area (Å²) in [7, 11) is 0. The zero-order chi connectivity index (χ0) is 13.6. The van der Waals surface area contributed by atoms with E-state index < -0.39 is 31.1 Å². The third-order valence-electron chi connectivity index (χ3n) is 2.37. The summed E-state index contributed by atoms with van der Waals surface area (Å²) in [6.07, 6.45) is 0.196. The monoisotopic (exact) mass is 266 g/mol. The summed E-state index contributed by atoms with van der Waals surface area (Å²) in [5, 5.41) is 10.8. The molecule has 2 amide bonds. The van der Waals surface area contributed by atoms with Crippen molar-refractivity contribution in [3.63, 3.8) is 0 Å². The Balaban J connectivity index is 2.33. The third kappa shape index (κ3) is 5.26. The molecule has 1 fully saturated rings. The third-order valence-corrected chi connectivity index (χ3v) is 2.37. The fourth-order valence-electron chi connectivity index (χ4n) is 1.52. The second kappa shape index (κ2) is 6.48. The molecule has 0 bridgehead atoms. The van der Waals surface area contributed by atoms with Gasteiger partial charge in [-0.15, -0.1) is 0 Å². The fraction of sp³-hybridized carbons (Fsp3) is 0.800. The van der Waals surface area contributed by atoms with E-state index in [0.29, 0.717) is 0 Å². The molecule has 0 spiro atoms. The van der Waals surface area contributed by atoms with Gasteiger partial charge in [-0.05, 0) is 6.42 Å². The number of carbonyl (C=O) groups is 2. The maximum absolute atomic E-state index is 13.1. The van der Waals surface area contributed by atoms with E-state index in [-0.39, 0.29) is 32.5 Å². The van der Waals surface area contributed by atoms with Gasteiger partial charge in [0.05, 0.1) is 13.2 Å². The molecule has 0 aliphatic carbocycles. The Morgan fingerprint density at radius 1 is 1.44 bits per heavy atom. The van der Waals surface area contributed by atoms with E-state index in [1.165, 1.54) is 0 Å². The first-order valence-electron chi connectivity index (χ1n) is 5.61. The summed E-state index contributed by atoms with van der Waals surface area (Å²) in [5.41, 5.74) is 0. The van der Waals surface area contributed by atoms with Crippen LogP contribution in [0.1, 0.15) is 12.8 Å². The number of nitrogens with one attached hydrogen (secondary N) is 1. The van der Waals surface area contributed by atoms with E-state index in [9.17, 15) is 18.4 Å². The van der Waals surface area contributed by atoms with Gasteiger partial charge in [0, 0.05) is 19.5 Å². The molecule has 1 aliphatic heterocycles. The summed E-state index contributed by atoms with van der Waals surface area (Å²) in [6.45, 7) is -1.06.